The van der Waals surface area contributed by atoms with Gasteiger partial charge in [-0.1, -0.05) is 25.1 Å². The lowest BCUT2D eigenvalue weighted by Gasteiger charge is -2.16. The highest BCUT2D eigenvalue weighted by Crippen LogP contribution is 2.13. The first-order valence-electron chi connectivity index (χ1n) is 6.52. The standard InChI is InChI=1S/C15H24N2O.ClH/c1-10-6-5-7-11(2)14(10)8-9-17-15(18)12(3)13(4)16;/h5-7,12-13H,8-9,16H2,1-4H3,(H,17,18);1H. The van der Waals surface area contributed by atoms with Gasteiger partial charge in [0.2, 0.25) is 5.91 Å². The van der Waals surface area contributed by atoms with Gasteiger partial charge in [0.15, 0.2) is 0 Å². The molecule has 3 nitrogen and oxygen atoms in total. The van der Waals surface area contributed by atoms with Crippen molar-refractivity contribution in [1.82, 2.24) is 5.32 Å². The van der Waals surface area contributed by atoms with E-state index in [0.717, 1.165) is 6.42 Å². The zero-order chi connectivity index (χ0) is 13.7. The van der Waals surface area contributed by atoms with Gasteiger partial charge < -0.3 is 11.1 Å². The Hall–Kier alpha value is -1.06. The van der Waals surface area contributed by atoms with Gasteiger partial charge in [-0.05, 0) is 43.9 Å². The van der Waals surface area contributed by atoms with Crippen LogP contribution in [-0.2, 0) is 11.2 Å². The normalized spacial score (nSPS) is 13.3. The third kappa shape index (κ3) is 5.21. The number of amides is 1. The number of hydrogen-bond donors (Lipinski definition) is 2. The van der Waals surface area contributed by atoms with Gasteiger partial charge in [0.1, 0.15) is 0 Å². The monoisotopic (exact) mass is 284 g/mol. The summed E-state index contributed by atoms with van der Waals surface area (Å²) in [4.78, 5) is 11.8. The van der Waals surface area contributed by atoms with Gasteiger partial charge in [0, 0.05) is 18.5 Å². The Balaban J connectivity index is 0.00000324. The Morgan fingerprint density at radius 2 is 1.79 bits per heavy atom. The average molecular weight is 285 g/mol. The SMILES string of the molecule is Cc1cccc(C)c1CCNC(=O)C(C)C(C)N.Cl. The van der Waals surface area contributed by atoms with Gasteiger partial charge in [-0.15, -0.1) is 12.4 Å². The van der Waals surface area contributed by atoms with Crippen molar-refractivity contribution in [3.8, 4) is 0 Å². The summed E-state index contributed by atoms with van der Waals surface area (Å²) in [7, 11) is 0. The van der Waals surface area contributed by atoms with Crippen molar-refractivity contribution >= 4 is 18.3 Å². The fourth-order valence-corrected chi connectivity index (χ4v) is 1.95. The first kappa shape index (κ1) is 17.9. The van der Waals surface area contributed by atoms with E-state index in [1.165, 1.54) is 16.7 Å². The first-order chi connectivity index (χ1) is 8.43. The third-order valence-electron chi connectivity index (χ3n) is 3.52. The van der Waals surface area contributed by atoms with Gasteiger partial charge in [-0.2, -0.15) is 0 Å². The van der Waals surface area contributed by atoms with Gasteiger partial charge in [-0.25, -0.2) is 0 Å². The molecule has 108 valence electrons. The van der Waals surface area contributed by atoms with Crippen molar-refractivity contribution in [1.29, 1.82) is 0 Å². The molecule has 0 saturated heterocycles. The summed E-state index contributed by atoms with van der Waals surface area (Å²) < 4.78 is 0. The van der Waals surface area contributed by atoms with Crippen molar-refractivity contribution in [2.24, 2.45) is 11.7 Å². The maximum Gasteiger partial charge on any atom is 0.224 e. The summed E-state index contributed by atoms with van der Waals surface area (Å²) in [6.07, 6.45) is 0.871. The van der Waals surface area contributed by atoms with E-state index in [-0.39, 0.29) is 30.3 Å². The molecule has 0 radical (unpaired) electrons. The number of carbonyl (C=O) groups is 1. The fraction of sp³-hybridized carbons (Fsp3) is 0.533. The van der Waals surface area contributed by atoms with Gasteiger partial charge in [0.05, 0.1) is 0 Å². The number of rotatable bonds is 5. The van der Waals surface area contributed by atoms with E-state index in [0.29, 0.717) is 6.54 Å². The molecule has 0 spiro atoms. The zero-order valence-corrected chi connectivity index (χ0v) is 13.0. The van der Waals surface area contributed by atoms with E-state index < -0.39 is 0 Å². The maximum absolute atomic E-state index is 11.8. The summed E-state index contributed by atoms with van der Waals surface area (Å²) in [6, 6.07) is 6.17. The number of nitrogens with two attached hydrogens (primary N) is 1. The molecule has 3 N–H and O–H groups in total. The Bertz CT molecular complexity index is 398. The van der Waals surface area contributed by atoms with Crippen molar-refractivity contribution in [3.05, 3.63) is 34.9 Å². The molecular weight excluding hydrogens is 260 g/mol. The lowest BCUT2D eigenvalue weighted by molar-refractivity contribution is -0.124. The Morgan fingerprint density at radius 1 is 1.26 bits per heavy atom. The summed E-state index contributed by atoms with van der Waals surface area (Å²) in [5, 5.41) is 2.95. The minimum atomic E-state index is -0.136. The van der Waals surface area contributed by atoms with Crippen LogP contribution in [-0.4, -0.2) is 18.5 Å². The topological polar surface area (TPSA) is 55.1 Å². The smallest absolute Gasteiger partial charge is 0.224 e. The predicted octanol–water partition coefficient (Wildman–Crippen LogP) is 2.37. The number of benzene rings is 1. The molecule has 2 unspecified atom stereocenters. The summed E-state index contributed by atoms with van der Waals surface area (Å²) >= 11 is 0. The van der Waals surface area contributed by atoms with E-state index in [4.69, 9.17) is 5.73 Å². The Morgan fingerprint density at radius 3 is 2.26 bits per heavy atom. The van der Waals surface area contributed by atoms with Gasteiger partial charge >= 0.3 is 0 Å². The predicted molar refractivity (Wildman–Crippen MR) is 82.7 cm³/mol. The van der Waals surface area contributed by atoms with Crippen LogP contribution in [0.3, 0.4) is 0 Å². The van der Waals surface area contributed by atoms with Crippen LogP contribution in [0.2, 0.25) is 0 Å². The molecule has 0 aliphatic heterocycles. The van der Waals surface area contributed by atoms with Gasteiger partial charge in [0.25, 0.3) is 0 Å². The second kappa shape index (κ2) is 8.18. The molecule has 0 aliphatic rings. The van der Waals surface area contributed by atoms with Crippen LogP contribution in [0.15, 0.2) is 18.2 Å². The largest absolute Gasteiger partial charge is 0.355 e. The molecule has 0 saturated carbocycles. The van der Waals surface area contributed by atoms with E-state index in [1.54, 1.807) is 0 Å². The fourth-order valence-electron chi connectivity index (χ4n) is 1.95. The second-order valence-corrected chi connectivity index (χ2v) is 5.06. The molecule has 0 bridgehead atoms. The molecule has 19 heavy (non-hydrogen) atoms. The van der Waals surface area contributed by atoms with Crippen molar-refractivity contribution < 1.29 is 4.79 Å². The molecule has 1 amide bonds. The number of carbonyl (C=O) groups excluding carboxylic acids is 1. The molecule has 0 fully saturated rings. The molecule has 1 rings (SSSR count). The third-order valence-corrected chi connectivity index (χ3v) is 3.52. The van der Waals surface area contributed by atoms with Crippen LogP contribution in [0.4, 0.5) is 0 Å². The highest BCUT2D eigenvalue weighted by atomic mass is 35.5. The van der Waals surface area contributed by atoms with Crippen molar-refractivity contribution in [2.75, 3.05) is 6.54 Å². The summed E-state index contributed by atoms with van der Waals surface area (Å²) in [5.41, 5.74) is 9.60. The van der Waals surface area contributed by atoms with E-state index in [9.17, 15) is 4.79 Å². The zero-order valence-electron chi connectivity index (χ0n) is 12.2. The summed E-state index contributed by atoms with van der Waals surface area (Å²) in [6.45, 7) is 8.60. The lowest BCUT2D eigenvalue weighted by atomic mass is 10.00. The number of nitrogens with one attached hydrogen (secondary N) is 1. The molecule has 2 atom stereocenters. The molecule has 0 aliphatic carbocycles. The van der Waals surface area contributed by atoms with Crippen LogP contribution in [0.25, 0.3) is 0 Å². The van der Waals surface area contributed by atoms with Crippen LogP contribution >= 0.6 is 12.4 Å². The minimum absolute atomic E-state index is 0. The summed E-state index contributed by atoms with van der Waals surface area (Å²) in [5.74, 6) is -0.0980. The molecule has 1 aromatic carbocycles. The van der Waals surface area contributed by atoms with Crippen molar-refractivity contribution in [2.45, 2.75) is 40.2 Å². The van der Waals surface area contributed by atoms with Crippen LogP contribution in [0, 0.1) is 19.8 Å². The van der Waals surface area contributed by atoms with E-state index in [2.05, 4.69) is 37.4 Å². The number of halogens is 1. The molecule has 4 heteroatoms. The molecule has 1 aromatic rings. The number of aryl methyl sites for hydroxylation is 2. The number of hydrogen-bond acceptors (Lipinski definition) is 2. The van der Waals surface area contributed by atoms with Crippen molar-refractivity contribution in [3.63, 3.8) is 0 Å². The average Bonchev–Trinajstić information content (AvgIpc) is 2.31. The quantitative estimate of drug-likeness (QED) is 0.872. The Labute approximate surface area is 122 Å². The second-order valence-electron chi connectivity index (χ2n) is 5.06. The minimum Gasteiger partial charge on any atom is -0.355 e. The maximum atomic E-state index is 11.8. The molecule has 0 heterocycles. The first-order valence-corrected chi connectivity index (χ1v) is 6.52. The highest BCUT2D eigenvalue weighted by molar-refractivity contribution is 5.85. The van der Waals surface area contributed by atoms with Crippen LogP contribution in [0.1, 0.15) is 30.5 Å². The molecule has 0 aromatic heterocycles. The van der Waals surface area contributed by atoms with E-state index >= 15 is 0 Å². The highest BCUT2D eigenvalue weighted by Gasteiger charge is 2.16. The van der Waals surface area contributed by atoms with Crippen LogP contribution in [0.5, 0.6) is 0 Å². The lowest BCUT2D eigenvalue weighted by Crippen LogP contribution is -2.39. The van der Waals surface area contributed by atoms with Crippen LogP contribution < -0.4 is 11.1 Å². The van der Waals surface area contributed by atoms with Gasteiger partial charge in [-0.3, -0.25) is 4.79 Å². The molecular formula is C15H25ClN2O. The van der Waals surface area contributed by atoms with E-state index in [1.807, 2.05) is 13.8 Å². The Kier molecular flexibility index (Phi) is 7.72.